The van der Waals surface area contributed by atoms with Crippen molar-refractivity contribution in [1.29, 1.82) is 0 Å². The Balaban J connectivity index is 2.10. The van der Waals surface area contributed by atoms with E-state index in [2.05, 4.69) is 15.9 Å². The van der Waals surface area contributed by atoms with E-state index in [0.29, 0.717) is 22.5 Å². The van der Waals surface area contributed by atoms with E-state index >= 15 is 0 Å². The zero-order valence-corrected chi connectivity index (χ0v) is 13.7. The summed E-state index contributed by atoms with van der Waals surface area (Å²) in [6.45, 7) is 0.384. The maximum Gasteiger partial charge on any atom is 0.134 e. The quantitative estimate of drug-likeness (QED) is 0.585. The summed E-state index contributed by atoms with van der Waals surface area (Å²) in [6, 6.07) is 11.1. The van der Waals surface area contributed by atoms with Gasteiger partial charge in [0.15, 0.2) is 0 Å². The summed E-state index contributed by atoms with van der Waals surface area (Å²) in [5, 5.41) is 1.21. The third-order valence-electron chi connectivity index (χ3n) is 2.55. The molecule has 2 rings (SSSR count). The summed E-state index contributed by atoms with van der Waals surface area (Å²) >= 11 is 21.2. The van der Waals surface area contributed by atoms with Gasteiger partial charge >= 0.3 is 0 Å². The molecular weight excluding hydrogens is 370 g/mol. The molecule has 2 aromatic carbocycles. The average Bonchev–Trinajstić information content (AvgIpc) is 2.39. The normalized spacial score (nSPS) is 10.5. The van der Waals surface area contributed by atoms with Gasteiger partial charge in [-0.3, -0.25) is 0 Å². The van der Waals surface area contributed by atoms with Crippen molar-refractivity contribution in [3.8, 4) is 5.75 Å². The molecular formula is C14H10BrCl3O. The maximum atomic E-state index is 6.09. The third-order valence-corrected chi connectivity index (χ3v) is 4.06. The van der Waals surface area contributed by atoms with Gasteiger partial charge in [0.1, 0.15) is 12.4 Å². The topological polar surface area (TPSA) is 9.23 Å². The molecule has 0 atom stereocenters. The fraction of sp³-hybridized carbons (Fsp3) is 0.143. The molecule has 0 bridgehead atoms. The van der Waals surface area contributed by atoms with Crippen molar-refractivity contribution < 1.29 is 4.74 Å². The number of alkyl halides is 1. The molecule has 0 heterocycles. The van der Waals surface area contributed by atoms with Crippen LogP contribution < -0.4 is 4.74 Å². The van der Waals surface area contributed by atoms with Crippen LogP contribution in [0.2, 0.25) is 10.0 Å². The van der Waals surface area contributed by atoms with Crippen LogP contribution in [0.3, 0.4) is 0 Å². The zero-order chi connectivity index (χ0) is 13.8. The van der Waals surface area contributed by atoms with Gasteiger partial charge in [0.2, 0.25) is 0 Å². The van der Waals surface area contributed by atoms with Crippen molar-refractivity contribution in [1.82, 2.24) is 0 Å². The largest absolute Gasteiger partial charge is 0.488 e. The van der Waals surface area contributed by atoms with Crippen molar-refractivity contribution >= 4 is 50.7 Å². The van der Waals surface area contributed by atoms with E-state index in [1.54, 1.807) is 12.1 Å². The summed E-state index contributed by atoms with van der Waals surface area (Å²) in [7, 11) is 0. The molecule has 0 aliphatic carbocycles. The second-order valence-corrected chi connectivity index (χ2v) is 5.89. The Morgan fingerprint density at radius 1 is 1.05 bits per heavy atom. The second kappa shape index (κ2) is 6.85. The highest BCUT2D eigenvalue weighted by atomic mass is 79.9. The fourth-order valence-corrected chi connectivity index (χ4v) is 2.71. The number of hydrogen-bond acceptors (Lipinski definition) is 1. The molecule has 0 aromatic heterocycles. The van der Waals surface area contributed by atoms with Gasteiger partial charge in [-0.05, 0) is 45.8 Å². The van der Waals surface area contributed by atoms with Gasteiger partial charge < -0.3 is 4.74 Å². The van der Waals surface area contributed by atoms with Gasteiger partial charge in [-0.2, -0.15) is 0 Å². The summed E-state index contributed by atoms with van der Waals surface area (Å²) in [4.78, 5) is 0. The minimum absolute atomic E-state index is 0.384. The van der Waals surface area contributed by atoms with Gasteiger partial charge in [-0.25, -0.2) is 0 Å². The fourth-order valence-electron chi connectivity index (χ4n) is 1.54. The van der Waals surface area contributed by atoms with Gasteiger partial charge in [0.05, 0.1) is 4.47 Å². The zero-order valence-electron chi connectivity index (χ0n) is 9.80. The molecule has 0 fully saturated rings. The van der Waals surface area contributed by atoms with Gasteiger partial charge in [0.25, 0.3) is 0 Å². The highest BCUT2D eigenvalue weighted by Crippen LogP contribution is 2.28. The molecule has 0 amide bonds. The number of ether oxygens (including phenoxy) is 1. The highest BCUT2D eigenvalue weighted by molar-refractivity contribution is 9.10. The standard InChI is InChI=1S/C14H10BrCl3O/c15-12-5-9(7-16)1-4-14(12)19-8-10-2-3-11(17)6-13(10)18/h1-6H,7-8H2. The molecule has 0 radical (unpaired) electrons. The molecule has 0 unspecified atom stereocenters. The second-order valence-electron chi connectivity index (χ2n) is 3.92. The number of hydrogen-bond donors (Lipinski definition) is 0. The molecule has 5 heteroatoms. The Hall–Kier alpha value is -0.410. The molecule has 0 saturated heterocycles. The van der Waals surface area contributed by atoms with Crippen molar-refractivity contribution in [2.24, 2.45) is 0 Å². The molecule has 2 aromatic rings. The van der Waals surface area contributed by atoms with E-state index in [-0.39, 0.29) is 0 Å². The first kappa shape index (κ1) is 15.0. The van der Waals surface area contributed by atoms with Crippen molar-refractivity contribution in [2.75, 3.05) is 0 Å². The number of benzene rings is 2. The van der Waals surface area contributed by atoms with Crippen LogP contribution in [0.5, 0.6) is 5.75 Å². The lowest BCUT2D eigenvalue weighted by Crippen LogP contribution is -1.97. The maximum absolute atomic E-state index is 6.09. The molecule has 100 valence electrons. The van der Waals surface area contributed by atoms with Gasteiger partial charge in [-0.15, -0.1) is 11.6 Å². The molecule has 1 nitrogen and oxygen atoms in total. The third kappa shape index (κ3) is 4.03. The van der Waals surface area contributed by atoms with Crippen LogP contribution in [0.4, 0.5) is 0 Å². The Labute approximate surface area is 135 Å². The van der Waals surface area contributed by atoms with E-state index in [1.165, 1.54) is 0 Å². The minimum atomic E-state index is 0.384. The van der Waals surface area contributed by atoms with Gasteiger partial charge in [-0.1, -0.05) is 35.3 Å². The molecule has 0 N–H and O–H groups in total. The molecule has 0 spiro atoms. The predicted octanol–water partition coefficient (Wildman–Crippen LogP) is 6.07. The first-order valence-electron chi connectivity index (χ1n) is 5.51. The van der Waals surface area contributed by atoms with Crippen LogP contribution in [0.25, 0.3) is 0 Å². The highest BCUT2D eigenvalue weighted by Gasteiger charge is 2.05. The van der Waals surface area contributed by atoms with Crippen LogP contribution >= 0.6 is 50.7 Å². The van der Waals surface area contributed by atoms with Crippen LogP contribution in [-0.2, 0) is 12.5 Å². The molecule has 0 saturated carbocycles. The van der Waals surface area contributed by atoms with Crippen molar-refractivity contribution in [2.45, 2.75) is 12.5 Å². The van der Waals surface area contributed by atoms with Gasteiger partial charge in [0, 0.05) is 21.5 Å². The SMILES string of the molecule is ClCc1ccc(OCc2ccc(Cl)cc2Cl)c(Br)c1. The minimum Gasteiger partial charge on any atom is -0.488 e. The Morgan fingerprint density at radius 2 is 1.84 bits per heavy atom. The first-order chi connectivity index (χ1) is 9.10. The van der Waals surface area contributed by atoms with E-state index in [4.69, 9.17) is 39.5 Å². The van der Waals surface area contributed by atoms with E-state index in [0.717, 1.165) is 21.3 Å². The lowest BCUT2D eigenvalue weighted by Gasteiger charge is -2.10. The summed E-state index contributed by atoms with van der Waals surface area (Å²) in [6.07, 6.45) is 0. The average molecular weight is 380 g/mol. The first-order valence-corrected chi connectivity index (χ1v) is 7.59. The summed E-state index contributed by atoms with van der Waals surface area (Å²) < 4.78 is 6.60. The van der Waals surface area contributed by atoms with Crippen LogP contribution in [0.1, 0.15) is 11.1 Å². The molecule has 0 aliphatic rings. The van der Waals surface area contributed by atoms with E-state index < -0.39 is 0 Å². The van der Waals surface area contributed by atoms with E-state index in [1.807, 2.05) is 24.3 Å². The Kier molecular flexibility index (Phi) is 5.40. The van der Waals surface area contributed by atoms with Crippen molar-refractivity contribution in [3.05, 3.63) is 62.0 Å². The lowest BCUT2D eigenvalue weighted by atomic mass is 10.2. The summed E-state index contributed by atoms with van der Waals surface area (Å²) in [5.74, 6) is 1.22. The Bertz CT molecular complexity index is 587. The smallest absolute Gasteiger partial charge is 0.134 e. The number of halogens is 4. The summed E-state index contributed by atoms with van der Waals surface area (Å²) in [5.41, 5.74) is 1.92. The molecule has 0 aliphatic heterocycles. The van der Waals surface area contributed by atoms with Crippen LogP contribution in [-0.4, -0.2) is 0 Å². The van der Waals surface area contributed by atoms with Crippen LogP contribution in [0, 0.1) is 0 Å². The monoisotopic (exact) mass is 378 g/mol. The van der Waals surface area contributed by atoms with Crippen molar-refractivity contribution in [3.63, 3.8) is 0 Å². The number of rotatable bonds is 4. The Morgan fingerprint density at radius 3 is 2.47 bits per heavy atom. The van der Waals surface area contributed by atoms with E-state index in [9.17, 15) is 0 Å². The lowest BCUT2D eigenvalue weighted by molar-refractivity contribution is 0.304. The molecule has 19 heavy (non-hydrogen) atoms. The predicted molar refractivity (Wildman–Crippen MR) is 84.5 cm³/mol. The van der Waals surface area contributed by atoms with Crippen LogP contribution in [0.15, 0.2) is 40.9 Å².